The summed E-state index contributed by atoms with van der Waals surface area (Å²) < 4.78 is 26.0. The zero-order valence-corrected chi connectivity index (χ0v) is 19.1. The lowest BCUT2D eigenvalue weighted by molar-refractivity contribution is 0.601. The first-order chi connectivity index (χ1) is 16.5. The molecule has 5 aromatic rings. The largest absolute Gasteiger partial charge is 0.344 e. The van der Waals surface area contributed by atoms with Crippen LogP contribution in [0.4, 0.5) is 5.82 Å². The van der Waals surface area contributed by atoms with Gasteiger partial charge in [-0.15, -0.1) is 5.10 Å². The third-order valence-electron chi connectivity index (χ3n) is 5.96. The zero-order chi connectivity index (χ0) is 23.3. The summed E-state index contributed by atoms with van der Waals surface area (Å²) in [6.45, 7) is 1.31. The van der Waals surface area contributed by atoms with E-state index in [0.717, 1.165) is 40.0 Å². The SMILES string of the molecule is CS(=O)(=O)c1cncc(-c2nc(N3Cc4cccnc4C3)c3c(-c4ccccc4)ccn3n2)c1. The van der Waals surface area contributed by atoms with E-state index in [-0.39, 0.29) is 4.90 Å². The number of aromatic nitrogens is 5. The number of anilines is 1. The fraction of sp³-hybridized carbons (Fsp3) is 0.120. The molecule has 168 valence electrons. The van der Waals surface area contributed by atoms with Crippen molar-refractivity contribution in [3.05, 3.63) is 90.6 Å². The lowest BCUT2D eigenvalue weighted by Gasteiger charge is -2.19. The zero-order valence-electron chi connectivity index (χ0n) is 18.3. The number of pyridine rings is 2. The average Bonchev–Trinajstić information content (AvgIpc) is 3.48. The summed E-state index contributed by atoms with van der Waals surface area (Å²) in [6, 6.07) is 17.7. The second kappa shape index (κ2) is 7.74. The van der Waals surface area contributed by atoms with E-state index in [1.54, 1.807) is 18.5 Å². The molecule has 0 N–H and O–H groups in total. The molecule has 0 saturated heterocycles. The lowest BCUT2D eigenvalue weighted by atomic mass is 10.1. The minimum Gasteiger partial charge on any atom is -0.344 e. The number of hydrogen-bond donors (Lipinski definition) is 0. The first-order valence-electron chi connectivity index (χ1n) is 10.8. The molecule has 0 radical (unpaired) electrons. The highest BCUT2D eigenvalue weighted by molar-refractivity contribution is 7.90. The van der Waals surface area contributed by atoms with Crippen LogP contribution in [-0.2, 0) is 22.9 Å². The van der Waals surface area contributed by atoms with E-state index < -0.39 is 9.84 Å². The maximum atomic E-state index is 12.1. The Hall–Kier alpha value is -4.11. The maximum Gasteiger partial charge on any atom is 0.183 e. The summed E-state index contributed by atoms with van der Waals surface area (Å²) in [7, 11) is -3.41. The quantitative estimate of drug-likeness (QED) is 0.396. The van der Waals surface area contributed by atoms with E-state index in [9.17, 15) is 8.42 Å². The Kier molecular flexibility index (Phi) is 4.66. The van der Waals surface area contributed by atoms with Crippen LogP contribution in [0.15, 0.2) is 84.3 Å². The van der Waals surface area contributed by atoms with Crippen molar-refractivity contribution in [2.75, 3.05) is 11.2 Å². The molecule has 5 heterocycles. The molecule has 4 aromatic heterocycles. The fourth-order valence-electron chi connectivity index (χ4n) is 4.29. The van der Waals surface area contributed by atoms with Gasteiger partial charge in [-0.05, 0) is 29.3 Å². The third-order valence-corrected chi connectivity index (χ3v) is 7.04. The molecule has 8 nitrogen and oxygen atoms in total. The molecule has 9 heteroatoms. The molecule has 0 bridgehead atoms. The van der Waals surface area contributed by atoms with Gasteiger partial charge >= 0.3 is 0 Å². The molecular weight excluding hydrogens is 448 g/mol. The minimum absolute atomic E-state index is 0.130. The maximum absolute atomic E-state index is 12.1. The Morgan fingerprint density at radius 2 is 1.79 bits per heavy atom. The van der Waals surface area contributed by atoms with Gasteiger partial charge in [0.1, 0.15) is 5.52 Å². The molecule has 1 aliphatic rings. The Bertz CT molecular complexity index is 1620. The topological polar surface area (TPSA) is 93.4 Å². The molecule has 1 aliphatic heterocycles. The number of nitrogens with zero attached hydrogens (tertiary/aromatic N) is 6. The van der Waals surface area contributed by atoms with Gasteiger partial charge in [-0.25, -0.2) is 17.9 Å². The summed E-state index contributed by atoms with van der Waals surface area (Å²) in [6.07, 6.45) is 7.79. The van der Waals surface area contributed by atoms with Gasteiger partial charge in [0.25, 0.3) is 0 Å². The van der Waals surface area contributed by atoms with Crippen molar-refractivity contribution in [2.24, 2.45) is 0 Å². The molecule has 0 spiro atoms. The number of sulfone groups is 1. The molecule has 0 aliphatic carbocycles. The van der Waals surface area contributed by atoms with Crippen molar-refractivity contribution < 1.29 is 8.42 Å². The molecule has 6 rings (SSSR count). The molecule has 0 saturated carbocycles. The monoisotopic (exact) mass is 468 g/mol. The normalized spacial score (nSPS) is 13.4. The smallest absolute Gasteiger partial charge is 0.183 e. The van der Waals surface area contributed by atoms with Crippen LogP contribution in [0.3, 0.4) is 0 Å². The number of hydrogen-bond acceptors (Lipinski definition) is 7. The first kappa shape index (κ1) is 20.5. The Balaban J connectivity index is 1.56. The van der Waals surface area contributed by atoms with Crippen LogP contribution in [0.2, 0.25) is 0 Å². The number of rotatable bonds is 4. The van der Waals surface area contributed by atoms with Gasteiger partial charge in [-0.1, -0.05) is 36.4 Å². The van der Waals surface area contributed by atoms with Crippen LogP contribution in [0, 0.1) is 0 Å². The Labute approximate surface area is 196 Å². The Morgan fingerprint density at radius 1 is 0.941 bits per heavy atom. The standard InChI is InChI=1S/C25H20N6O2S/c1-34(32,33)20-12-19(13-26-14-20)24-28-25(30-15-18-8-5-10-27-22(18)16-30)23-21(9-11-31(23)29-24)17-6-3-2-4-7-17/h2-14H,15-16H2,1H3. The predicted molar refractivity (Wildman–Crippen MR) is 129 cm³/mol. The van der Waals surface area contributed by atoms with E-state index in [2.05, 4.69) is 33.1 Å². The fourth-order valence-corrected chi connectivity index (χ4v) is 4.89. The van der Waals surface area contributed by atoms with Gasteiger partial charge < -0.3 is 4.90 Å². The summed E-state index contributed by atoms with van der Waals surface area (Å²) in [4.78, 5) is 15.9. The summed E-state index contributed by atoms with van der Waals surface area (Å²) in [5.41, 5.74) is 5.70. The second-order valence-electron chi connectivity index (χ2n) is 8.29. The van der Waals surface area contributed by atoms with Crippen LogP contribution >= 0.6 is 0 Å². The predicted octanol–water partition coefficient (Wildman–Crippen LogP) is 3.78. The van der Waals surface area contributed by atoms with Gasteiger partial charge in [0, 0.05) is 48.7 Å². The highest BCUT2D eigenvalue weighted by atomic mass is 32.2. The van der Waals surface area contributed by atoms with Crippen molar-refractivity contribution in [3.8, 4) is 22.5 Å². The van der Waals surface area contributed by atoms with Crippen LogP contribution in [0.25, 0.3) is 28.0 Å². The number of benzene rings is 1. The average molecular weight is 469 g/mol. The summed E-state index contributed by atoms with van der Waals surface area (Å²) in [5.74, 6) is 1.16. The minimum atomic E-state index is -3.41. The van der Waals surface area contributed by atoms with Gasteiger partial charge in [0.05, 0.1) is 17.1 Å². The van der Waals surface area contributed by atoms with Crippen LogP contribution < -0.4 is 4.90 Å². The molecule has 0 atom stereocenters. The van der Waals surface area contributed by atoms with Crippen molar-refractivity contribution >= 4 is 21.2 Å². The van der Waals surface area contributed by atoms with Crippen LogP contribution in [0.1, 0.15) is 11.3 Å². The van der Waals surface area contributed by atoms with Crippen molar-refractivity contribution in [3.63, 3.8) is 0 Å². The summed E-state index contributed by atoms with van der Waals surface area (Å²) >= 11 is 0. The molecule has 0 amide bonds. The van der Waals surface area contributed by atoms with E-state index in [1.165, 1.54) is 6.20 Å². The molecular formula is C25H20N6O2S. The van der Waals surface area contributed by atoms with Crippen LogP contribution in [-0.4, -0.2) is 39.2 Å². The highest BCUT2D eigenvalue weighted by Crippen LogP contribution is 2.36. The first-order valence-corrected chi connectivity index (χ1v) is 12.6. The lowest BCUT2D eigenvalue weighted by Crippen LogP contribution is -2.18. The van der Waals surface area contributed by atoms with E-state index >= 15 is 0 Å². The van der Waals surface area contributed by atoms with Gasteiger partial charge in [-0.3, -0.25) is 9.97 Å². The molecule has 0 fully saturated rings. The van der Waals surface area contributed by atoms with E-state index in [1.807, 2.05) is 41.0 Å². The van der Waals surface area contributed by atoms with Crippen molar-refractivity contribution in [1.82, 2.24) is 24.6 Å². The van der Waals surface area contributed by atoms with Crippen molar-refractivity contribution in [1.29, 1.82) is 0 Å². The Morgan fingerprint density at radius 3 is 2.59 bits per heavy atom. The molecule has 34 heavy (non-hydrogen) atoms. The van der Waals surface area contributed by atoms with Crippen molar-refractivity contribution in [2.45, 2.75) is 18.0 Å². The van der Waals surface area contributed by atoms with Gasteiger partial charge in [0.2, 0.25) is 0 Å². The highest BCUT2D eigenvalue weighted by Gasteiger charge is 2.26. The van der Waals surface area contributed by atoms with Gasteiger partial charge in [-0.2, -0.15) is 0 Å². The van der Waals surface area contributed by atoms with E-state index in [4.69, 9.17) is 10.1 Å². The number of fused-ring (bicyclic) bond motifs is 2. The van der Waals surface area contributed by atoms with Crippen LogP contribution in [0.5, 0.6) is 0 Å². The summed E-state index contributed by atoms with van der Waals surface area (Å²) in [5, 5.41) is 4.72. The van der Waals surface area contributed by atoms with E-state index in [0.29, 0.717) is 24.5 Å². The second-order valence-corrected chi connectivity index (χ2v) is 10.3. The third kappa shape index (κ3) is 3.50. The van der Waals surface area contributed by atoms with Gasteiger partial charge in [0.15, 0.2) is 21.5 Å². The molecule has 1 aromatic carbocycles. The molecule has 0 unspecified atom stereocenters.